The van der Waals surface area contributed by atoms with E-state index in [1.54, 1.807) is 0 Å². The smallest absolute Gasteiger partial charge is 0.313 e. The molecule has 1 heterocycles. The van der Waals surface area contributed by atoms with Crippen LogP contribution in [-0.4, -0.2) is 31.6 Å². The van der Waals surface area contributed by atoms with Crippen LogP contribution in [0.3, 0.4) is 0 Å². The van der Waals surface area contributed by atoms with E-state index in [-0.39, 0.29) is 5.75 Å². The van der Waals surface area contributed by atoms with Gasteiger partial charge in [0.05, 0.1) is 5.75 Å². The molecule has 0 amide bonds. The van der Waals surface area contributed by atoms with Crippen LogP contribution >= 0.6 is 11.8 Å². The Morgan fingerprint density at radius 3 is 2.32 bits per heavy atom. The minimum atomic E-state index is -0.832. The molecule has 0 bridgehead atoms. The lowest BCUT2D eigenvalue weighted by Gasteiger charge is -2.26. The Bertz CT molecular complexity index is 422. The van der Waals surface area contributed by atoms with Gasteiger partial charge in [0.1, 0.15) is 5.82 Å². The van der Waals surface area contributed by atoms with Gasteiger partial charge in [-0.1, -0.05) is 39.5 Å². The van der Waals surface area contributed by atoms with Crippen LogP contribution < -0.4 is 0 Å². The molecule has 19 heavy (non-hydrogen) atoms. The molecule has 0 fully saturated rings. The molecule has 1 aromatic heterocycles. The van der Waals surface area contributed by atoms with Crippen molar-refractivity contribution in [1.82, 2.24) is 14.8 Å². The molecule has 0 unspecified atom stereocenters. The highest BCUT2D eigenvalue weighted by atomic mass is 32.2. The Hall–Kier alpha value is -1.04. The third kappa shape index (κ3) is 4.53. The number of rotatable bonds is 7. The van der Waals surface area contributed by atoms with E-state index in [1.165, 1.54) is 11.8 Å². The lowest BCUT2D eigenvalue weighted by Crippen LogP contribution is -2.23. The minimum absolute atomic E-state index is 0.0200. The molecule has 1 rings (SSSR count). The van der Waals surface area contributed by atoms with Gasteiger partial charge in [0, 0.05) is 6.54 Å². The maximum absolute atomic E-state index is 10.7. The largest absolute Gasteiger partial charge is 0.481 e. The molecule has 0 aliphatic carbocycles. The van der Waals surface area contributed by atoms with Crippen molar-refractivity contribution in [2.45, 2.75) is 46.3 Å². The van der Waals surface area contributed by atoms with Gasteiger partial charge in [-0.25, -0.2) is 0 Å². The molecule has 0 aliphatic rings. The van der Waals surface area contributed by atoms with Crippen molar-refractivity contribution >= 4 is 17.7 Å². The lowest BCUT2D eigenvalue weighted by atomic mass is 9.85. The van der Waals surface area contributed by atoms with E-state index in [0.717, 1.165) is 12.4 Å². The van der Waals surface area contributed by atoms with Crippen LogP contribution in [0.2, 0.25) is 0 Å². The average molecular weight is 285 g/mol. The molecule has 6 heteroatoms. The van der Waals surface area contributed by atoms with Crippen LogP contribution in [0.4, 0.5) is 0 Å². The number of thioether (sulfide) groups is 1. The second-order valence-corrected chi connectivity index (χ2v) is 6.42. The van der Waals surface area contributed by atoms with Crippen LogP contribution in [0.5, 0.6) is 0 Å². The normalized spacial score (nSPS) is 11.8. The molecule has 1 N–H and O–H groups in total. The molecule has 0 atom stereocenters. The Labute approximate surface area is 118 Å². The number of carboxylic acid groups (broad SMARTS) is 1. The minimum Gasteiger partial charge on any atom is -0.481 e. The van der Waals surface area contributed by atoms with Crippen LogP contribution in [0.1, 0.15) is 33.5 Å². The fraction of sp³-hybridized carbons (Fsp3) is 0.769. The van der Waals surface area contributed by atoms with Crippen LogP contribution in [0, 0.1) is 24.7 Å². The highest BCUT2D eigenvalue weighted by Crippen LogP contribution is 2.26. The van der Waals surface area contributed by atoms with Gasteiger partial charge in [-0.3, -0.25) is 4.79 Å². The summed E-state index contributed by atoms with van der Waals surface area (Å²) in [7, 11) is 0. The molecule has 1 aromatic rings. The zero-order chi connectivity index (χ0) is 14.6. The highest BCUT2D eigenvalue weighted by Gasteiger charge is 2.21. The Balaban J connectivity index is 2.86. The number of aliphatic carboxylic acids is 1. The number of carboxylic acids is 1. The van der Waals surface area contributed by atoms with E-state index < -0.39 is 5.97 Å². The summed E-state index contributed by atoms with van der Waals surface area (Å²) in [6.45, 7) is 11.6. The topological polar surface area (TPSA) is 68.0 Å². The van der Waals surface area contributed by atoms with Crippen molar-refractivity contribution in [1.29, 1.82) is 0 Å². The van der Waals surface area contributed by atoms with Gasteiger partial charge in [0.2, 0.25) is 0 Å². The molecule has 0 aliphatic heterocycles. The summed E-state index contributed by atoms with van der Waals surface area (Å²) in [5.41, 5.74) is 0. The molecule has 108 valence electrons. The predicted molar refractivity (Wildman–Crippen MR) is 76.3 cm³/mol. The number of hydrogen-bond acceptors (Lipinski definition) is 4. The van der Waals surface area contributed by atoms with Crippen molar-refractivity contribution in [3.8, 4) is 0 Å². The van der Waals surface area contributed by atoms with Crippen molar-refractivity contribution in [2.75, 3.05) is 5.75 Å². The summed E-state index contributed by atoms with van der Waals surface area (Å²) in [5, 5.41) is 17.6. The van der Waals surface area contributed by atoms with Crippen molar-refractivity contribution in [3.05, 3.63) is 5.82 Å². The Morgan fingerprint density at radius 2 is 1.84 bits per heavy atom. The zero-order valence-corrected chi connectivity index (χ0v) is 13.1. The van der Waals surface area contributed by atoms with Crippen molar-refractivity contribution in [2.24, 2.45) is 17.8 Å². The van der Waals surface area contributed by atoms with Gasteiger partial charge in [0.25, 0.3) is 0 Å². The maximum Gasteiger partial charge on any atom is 0.313 e. The molecule has 5 nitrogen and oxygen atoms in total. The van der Waals surface area contributed by atoms with Gasteiger partial charge in [0.15, 0.2) is 5.16 Å². The average Bonchev–Trinajstić information content (AvgIpc) is 2.63. The summed E-state index contributed by atoms with van der Waals surface area (Å²) in [6.07, 6.45) is 0. The fourth-order valence-corrected chi connectivity index (χ4v) is 2.92. The monoisotopic (exact) mass is 285 g/mol. The number of hydrogen-bond donors (Lipinski definition) is 1. The number of aryl methyl sites for hydroxylation is 1. The third-order valence-electron chi connectivity index (χ3n) is 3.33. The summed E-state index contributed by atoms with van der Waals surface area (Å²) < 4.78 is 2.04. The molecule has 0 radical (unpaired) electrons. The van der Waals surface area contributed by atoms with Gasteiger partial charge < -0.3 is 9.67 Å². The molecule has 0 saturated heterocycles. The summed E-state index contributed by atoms with van der Waals surface area (Å²) in [5.74, 6) is 1.70. The number of carbonyl (C=O) groups is 1. The molecule has 0 aromatic carbocycles. The highest BCUT2D eigenvalue weighted by molar-refractivity contribution is 7.99. The second kappa shape index (κ2) is 6.93. The van der Waals surface area contributed by atoms with Crippen molar-refractivity contribution < 1.29 is 9.90 Å². The first-order valence-corrected chi connectivity index (χ1v) is 7.55. The first-order chi connectivity index (χ1) is 8.82. The molecule has 0 spiro atoms. The first-order valence-electron chi connectivity index (χ1n) is 6.57. The van der Waals surface area contributed by atoms with Gasteiger partial charge in [-0.15, -0.1) is 10.2 Å². The van der Waals surface area contributed by atoms with E-state index >= 15 is 0 Å². The van der Waals surface area contributed by atoms with Gasteiger partial charge in [-0.05, 0) is 24.7 Å². The maximum atomic E-state index is 10.7. The third-order valence-corrected chi connectivity index (χ3v) is 4.28. The fourth-order valence-electron chi connectivity index (χ4n) is 2.21. The van der Waals surface area contributed by atoms with Crippen LogP contribution in [0.15, 0.2) is 5.16 Å². The van der Waals surface area contributed by atoms with Gasteiger partial charge >= 0.3 is 5.97 Å². The van der Waals surface area contributed by atoms with E-state index in [1.807, 2.05) is 11.5 Å². The predicted octanol–water partition coefficient (Wildman–Crippen LogP) is 2.69. The second-order valence-electron chi connectivity index (χ2n) is 5.47. The van der Waals surface area contributed by atoms with Gasteiger partial charge in [-0.2, -0.15) is 0 Å². The van der Waals surface area contributed by atoms with E-state index in [4.69, 9.17) is 5.11 Å². The molecular formula is C13H23N3O2S. The Kier molecular flexibility index (Phi) is 5.85. The zero-order valence-electron chi connectivity index (χ0n) is 12.3. The van der Waals surface area contributed by atoms with Crippen LogP contribution in [0.25, 0.3) is 0 Å². The van der Waals surface area contributed by atoms with E-state index in [2.05, 4.69) is 37.9 Å². The van der Waals surface area contributed by atoms with Crippen LogP contribution in [-0.2, 0) is 11.3 Å². The summed E-state index contributed by atoms with van der Waals surface area (Å²) >= 11 is 1.23. The van der Waals surface area contributed by atoms with E-state index in [9.17, 15) is 4.79 Å². The number of nitrogens with zero attached hydrogens (tertiary/aromatic N) is 3. The van der Waals surface area contributed by atoms with E-state index in [0.29, 0.717) is 22.9 Å². The Morgan fingerprint density at radius 1 is 1.26 bits per heavy atom. The number of aromatic nitrogens is 3. The quantitative estimate of drug-likeness (QED) is 0.780. The first kappa shape index (κ1) is 16.0. The van der Waals surface area contributed by atoms with Crippen molar-refractivity contribution in [3.63, 3.8) is 0 Å². The lowest BCUT2D eigenvalue weighted by molar-refractivity contribution is -0.133. The molecule has 0 saturated carbocycles. The SMILES string of the molecule is Cc1nnc(SCC(=O)O)n1CC(C(C)C)C(C)C. The standard InChI is InChI=1S/C13H23N3O2S/c1-8(2)11(9(3)4)6-16-10(5)14-15-13(16)19-7-12(17)18/h8-9,11H,6-7H2,1-5H3,(H,17,18). The summed E-state index contributed by atoms with van der Waals surface area (Å²) in [6, 6.07) is 0. The molecular weight excluding hydrogens is 262 g/mol. The summed E-state index contributed by atoms with van der Waals surface area (Å²) in [4.78, 5) is 10.7.